The number of halogens is 2. The van der Waals surface area contributed by atoms with Gasteiger partial charge in [0, 0.05) is 17.0 Å². The lowest BCUT2D eigenvalue weighted by molar-refractivity contribution is 0.372. The molecule has 1 heterocycles. The number of phenolic OH excluding ortho intramolecular Hbond substituents is 2. The summed E-state index contributed by atoms with van der Waals surface area (Å²) >= 11 is 4.52. The second-order valence-corrected chi connectivity index (χ2v) is 11.4. The van der Waals surface area contributed by atoms with Crippen LogP contribution in [0.15, 0.2) is 81.7 Å². The van der Waals surface area contributed by atoms with Crippen LogP contribution in [0.2, 0.25) is 0 Å². The van der Waals surface area contributed by atoms with Gasteiger partial charge in [0.2, 0.25) is 0 Å². The van der Waals surface area contributed by atoms with Gasteiger partial charge >= 0.3 is 0 Å². The number of hydrogen-bond acceptors (Lipinski definition) is 4. The number of fused-ring (bicyclic) bond motifs is 6. The first-order valence-corrected chi connectivity index (χ1v) is 13.3. The van der Waals surface area contributed by atoms with Gasteiger partial charge in [-0.15, -0.1) is 0 Å². The molecule has 0 amide bonds. The van der Waals surface area contributed by atoms with E-state index in [0.29, 0.717) is 5.76 Å². The zero-order valence-electron chi connectivity index (χ0n) is 18.1. The van der Waals surface area contributed by atoms with Gasteiger partial charge in [-0.1, -0.05) is 59.4 Å². The molecule has 4 nitrogen and oxygen atoms in total. The average Bonchev–Trinajstić information content (AvgIpc) is 2.83. The Morgan fingerprint density at radius 1 is 0.765 bits per heavy atom. The van der Waals surface area contributed by atoms with E-state index < -0.39 is 0 Å². The van der Waals surface area contributed by atoms with E-state index in [1.165, 1.54) is 5.57 Å². The van der Waals surface area contributed by atoms with E-state index in [1.807, 2.05) is 36.4 Å². The summed E-state index contributed by atoms with van der Waals surface area (Å²) in [6.45, 7) is 2.14. The molecule has 2 unspecified atom stereocenters. The van der Waals surface area contributed by atoms with Gasteiger partial charge in [0.15, 0.2) is 0 Å². The second-order valence-electron chi connectivity index (χ2n) is 8.87. The minimum absolute atomic E-state index is 0.0584. The predicted octanol–water partition coefficient (Wildman–Crippen LogP) is 8.23. The molecule has 0 saturated heterocycles. The molecule has 34 heavy (non-hydrogen) atoms. The van der Waals surface area contributed by atoms with Crippen LogP contribution in [0.4, 0.5) is 0 Å². The Balaban J connectivity index is 1.75. The largest absolute Gasteiger partial charge is 0.510 e. The first kappa shape index (κ1) is 22.0. The van der Waals surface area contributed by atoms with Gasteiger partial charge < -0.3 is 20.1 Å². The van der Waals surface area contributed by atoms with Gasteiger partial charge in [0.25, 0.3) is 0 Å². The summed E-state index contributed by atoms with van der Waals surface area (Å²) in [6.07, 6.45) is 2.09. The zero-order chi connectivity index (χ0) is 23.7. The summed E-state index contributed by atoms with van der Waals surface area (Å²) < 4.78 is 7.21. The van der Waals surface area contributed by atoms with Crippen molar-refractivity contribution >= 4 is 66.7 Å². The van der Waals surface area contributed by atoms with Crippen LogP contribution in [-0.4, -0.2) is 19.2 Å². The number of aromatic hydroxyl groups is 2. The Hall–Kier alpha value is -2.46. The Labute approximate surface area is 223 Å². The molecule has 2 aliphatic rings. The highest BCUT2D eigenvalue weighted by atomic mass is 127. The van der Waals surface area contributed by atoms with Crippen LogP contribution < -0.4 is 4.74 Å². The molecule has 4 aromatic rings. The third-order valence-corrected chi connectivity index (χ3v) is 9.44. The van der Waals surface area contributed by atoms with Crippen LogP contribution in [0.1, 0.15) is 24.0 Å². The smallest absolute Gasteiger partial charge is 0.132 e. The fourth-order valence-corrected chi connectivity index (χ4v) is 7.27. The normalized spacial score (nSPS) is 20.1. The Morgan fingerprint density at radius 3 is 1.79 bits per heavy atom. The topological polar surface area (TPSA) is 69.9 Å². The van der Waals surface area contributed by atoms with Gasteiger partial charge in [0.1, 0.15) is 28.8 Å². The third kappa shape index (κ3) is 3.29. The van der Waals surface area contributed by atoms with Gasteiger partial charge in [-0.05, 0) is 92.5 Å². The zero-order valence-corrected chi connectivity index (χ0v) is 22.4. The van der Waals surface area contributed by atoms with Crippen LogP contribution in [0.25, 0.3) is 21.5 Å². The highest BCUT2D eigenvalue weighted by Crippen LogP contribution is 2.56. The van der Waals surface area contributed by atoms with E-state index in [1.54, 1.807) is 24.3 Å². The number of alkyl halides is 1. The molecule has 0 spiro atoms. The van der Waals surface area contributed by atoms with Crippen molar-refractivity contribution in [2.75, 3.05) is 0 Å². The average molecular weight is 674 g/mol. The predicted molar refractivity (Wildman–Crippen MR) is 152 cm³/mol. The molecule has 170 valence electrons. The molecule has 1 aliphatic carbocycles. The maximum absolute atomic E-state index is 10.7. The number of ether oxygens (including phenoxy) is 1. The molecule has 1 aliphatic heterocycles. The molecule has 4 aromatic carbocycles. The fraction of sp³-hybridized carbons (Fsp3) is 0.143. The molecule has 0 bridgehead atoms. The number of benzene rings is 4. The van der Waals surface area contributed by atoms with E-state index in [2.05, 4.69) is 58.2 Å². The van der Waals surface area contributed by atoms with Crippen molar-refractivity contribution in [3.63, 3.8) is 0 Å². The fourth-order valence-electron chi connectivity index (χ4n) is 5.23. The third-order valence-electron chi connectivity index (χ3n) is 6.91. The highest BCUT2D eigenvalue weighted by Gasteiger charge is 2.39. The van der Waals surface area contributed by atoms with Crippen molar-refractivity contribution in [1.82, 2.24) is 0 Å². The van der Waals surface area contributed by atoms with Gasteiger partial charge in [-0.2, -0.15) is 0 Å². The summed E-state index contributed by atoms with van der Waals surface area (Å²) in [5, 5.41) is 35.3. The van der Waals surface area contributed by atoms with E-state index in [-0.39, 0.29) is 27.3 Å². The summed E-state index contributed by atoms with van der Waals surface area (Å²) in [4.78, 5) is 0. The van der Waals surface area contributed by atoms with E-state index >= 15 is 0 Å². The van der Waals surface area contributed by atoms with Gasteiger partial charge in [0.05, 0.1) is 7.50 Å². The summed E-state index contributed by atoms with van der Waals surface area (Å²) in [6, 6.07) is 18.8. The molecule has 0 radical (unpaired) electrons. The first-order valence-electron chi connectivity index (χ1n) is 11.0. The van der Waals surface area contributed by atoms with Crippen molar-refractivity contribution < 1.29 is 20.1 Å². The summed E-state index contributed by atoms with van der Waals surface area (Å²) in [5.74, 6) is 2.18. The quantitative estimate of drug-likeness (QED) is 0.141. The van der Waals surface area contributed by atoms with Crippen molar-refractivity contribution in [2.24, 2.45) is 5.92 Å². The Kier molecular flexibility index (Phi) is 5.22. The summed E-state index contributed by atoms with van der Waals surface area (Å²) in [5.41, 5.74) is 3.15. The van der Waals surface area contributed by atoms with Crippen LogP contribution in [-0.2, 0) is 0 Å². The SMILES string of the molecule is CC1C(C2c3c(ccc4ccc(O)cc34)Oc3ccc4ccc(O)cc4c32)=CC(I)=C(O)C1I. The minimum atomic E-state index is -0.181. The van der Waals surface area contributed by atoms with E-state index in [9.17, 15) is 15.3 Å². The lowest BCUT2D eigenvalue weighted by Gasteiger charge is -2.37. The number of aliphatic hydroxyl groups excluding tert-OH is 1. The van der Waals surface area contributed by atoms with Crippen molar-refractivity contribution in [2.45, 2.75) is 16.8 Å². The van der Waals surface area contributed by atoms with E-state index in [4.69, 9.17) is 4.74 Å². The Bertz CT molecular complexity index is 1480. The maximum atomic E-state index is 10.7. The van der Waals surface area contributed by atoms with Crippen molar-refractivity contribution in [1.29, 1.82) is 0 Å². The molecule has 0 fully saturated rings. The lowest BCUT2D eigenvalue weighted by Crippen LogP contribution is -2.26. The standard InChI is InChI=1S/C28H20I2O4/c1-13-18(12-21(29)28(33)27(13)30)26-24-19-10-16(31)6-2-14(19)4-8-22(24)34-23-9-5-15-3-7-17(32)11-20(15)25(23)26/h2-13,26-27,31-33H,1H3. The summed E-state index contributed by atoms with van der Waals surface area (Å²) in [7, 11) is 0. The molecule has 3 N–H and O–H groups in total. The first-order chi connectivity index (χ1) is 16.3. The van der Waals surface area contributed by atoms with Gasteiger partial charge in [-0.25, -0.2) is 0 Å². The van der Waals surface area contributed by atoms with Gasteiger partial charge in [-0.3, -0.25) is 0 Å². The number of aliphatic hydroxyl groups is 1. The van der Waals surface area contributed by atoms with E-state index in [0.717, 1.165) is 47.8 Å². The van der Waals surface area contributed by atoms with Crippen LogP contribution >= 0.6 is 45.2 Å². The van der Waals surface area contributed by atoms with Crippen LogP contribution in [0, 0.1) is 5.92 Å². The van der Waals surface area contributed by atoms with Crippen LogP contribution in [0.3, 0.4) is 0 Å². The minimum Gasteiger partial charge on any atom is -0.510 e. The van der Waals surface area contributed by atoms with Crippen LogP contribution in [0.5, 0.6) is 23.0 Å². The number of phenols is 2. The number of allylic oxidation sites excluding steroid dienone is 4. The molecule has 6 heteroatoms. The monoisotopic (exact) mass is 674 g/mol. The maximum Gasteiger partial charge on any atom is 0.132 e. The molecule has 2 atom stereocenters. The second kappa shape index (κ2) is 8.05. The lowest BCUT2D eigenvalue weighted by atomic mass is 9.72. The molecule has 0 aromatic heterocycles. The molecule has 6 rings (SSSR count). The highest BCUT2D eigenvalue weighted by molar-refractivity contribution is 14.1. The van der Waals surface area contributed by atoms with Crippen molar-refractivity contribution in [3.05, 3.63) is 92.8 Å². The Morgan fingerprint density at radius 2 is 1.26 bits per heavy atom. The molecule has 0 saturated carbocycles. The van der Waals surface area contributed by atoms with Crippen molar-refractivity contribution in [3.8, 4) is 23.0 Å². The number of hydrogen-bond donors (Lipinski definition) is 3. The molecular weight excluding hydrogens is 654 g/mol. The number of rotatable bonds is 1. The molecular formula is C28H20I2O4.